The van der Waals surface area contributed by atoms with Gasteiger partial charge in [0.05, 0.1) is 9.95 Å². The van der Waals surface area contributed by atoms with Crippen molar-refractivity contribution in [3.8, 4) is 0 Å². The van der Waals surface area contributed by atoms with E-state index in [4.69, 9.17) is 11.6 Å². The number of benzene rings is 1. The molecule has 0 amide bonds. The SMILES string of the molecule is CN(C)CCNc1cc(F)c(Cl)cc1[N+](=O)[O-]. The molecule has 0 unspecified atom stereocenters. The first-order chi connectivity index (χ1) is 7.91. The van der Waals surface area contributed by atoms with Gasteiger partial charge in [0.15, 0.2) is 0 Å². The molecule has 1 aromatic rings. The van der Waals surface area contributed by atoms with Gasteiger partial charge in [-0.25, -0.2) is 4.39 Å². The van der Waals surface area contributed by atoms with E-state index < -0.39 is 10.7 Å². The molecule has 0 atom stereocenters. The smallest absolute Gasteiger partial charge is 0.294 e. The highest BCUT2D eigenvalue weighted by molar-refractivity contribution is 6.31. The predicted octanol–water partition coefficient (Wildman–Crippen LogP) is 2.36. The van der Waals surface area contributed by atoms with E-state index in [0.717, 1.165) is 12.1 Å². The van der Waals surface area contributed by atoms with Gasteiger partial charge in [0.1, 0.15) is 11.5 Å². The molecule has 1 rings (SSSR count). The monoisotopic (exact) mass is 261 g/mol. The van der Waals surface area contributed by atoms with Crippen molar-refractivity contribution in [2.75, 3.05) is 32.5 Å². The van der Waals surface area contributed by atoms with Crippen LogP contribution in [0.15, 0.2) is 12.1 Å². The molecule has 17 heavy (non-hydrogen) atoms. The van der Waals surface area contributed by atoms with Crippen molar-refractivity contribution in [2.45, 2.75) is 0 Å². The second-order valence-corrected chi connectivity index (χ2v) is 4.18. The van der Waals surface area contributed by atoms with Crippen LogP contribution >= 0.6 is 11.6 Å². The lowest BCUT2D eigenvalue weighted by atomic mass is 10.2. The van der Waals surface area contributed by atoms with E-state index in [2.05, 4.69) is 5.32 Å². The molecule has 0 saturated heterocycles. The number of nitrogens with one attached hydrogen (secondary N) is 1. The second-order valence-electron chi connectivity index (χ2n) is 3.77. The van der Waals surface area contributed by atoms with E-state index in [1.807, 2.05) is 19.0 Å². The number of hydrogen-bond donors (Lipinski definition) is 1. The van der Waals surface area contributed by atoms with Crippen LogP contribution in [0, 0.1) is 15.9 Å². The van der Waals surface area contributed by atoms with Crippen LogP contribution in [0.2, 0.25) is 5.02 Å². The van der Waals surface area contributed by atoms with Crippen molar-refractivity contribution < 1.29 is 9.31 Å². The van der Waals surface area contributed by atoms with Crippen LogP contribution in [0.25, 0.3) is 0 Å². The minimum absolute atomic E-state index is 0.138. The molecule has 0 spiro atoms. The Labute approximate surface area is 103 Å². The topological polar surface area (TPSA) is 58.4 Å². The molecule has 0 saturated carbocycles. The number of nitro benzene ring substituents is 1. The van der Waals surface area contributed by atoms with Gasteiger partial charge in [-0.3, -0.25) is 10.1 Å². The zero-order valence-corrected chi connectivity index (χ0v) is 10.3. The quantitative estimate of drug-likeness (QED) is 0.653. The summed E-state index contributed by atoms with van der Waals surface area (Å²) >= 11 is 5.50. The molecule has 0 radical (unpaired) electrons. The Morgan fingerprint density at radius 2 is 2.18 bits per heavy atom. The Hall–Kier alpha value is -1.40. The van der Waals surface area contributed by atoms with E-state index in [1.165, 1.54) is 0 Å². The summed E-state index contributed by atoms with van der Waals surface area (Å²) in [5, 5.41) is 13.3. The molecular formula is C10H13ClFN3O2. The molecule has 7 heteroatoms. The van der Waals surface area contributed by atoms with Gasteiger partial charge in [-0.15, -0.1) is 0 Å². The van der Waals surface area contributed by atoms with Crippen molar-refractivity contribution in [3.05, 3.63) is 33.1 Å². The van der Waals surface area contributed by atoms with Crippen molar-refractivity contribution in [1.29, 1.82) is 0 Å². The Balaban J connectivity index is 2.89. The van der Waals surface area contributed by atoms with Crippen LogP contribution in [-0.2, 0) is 0 Å². The standard InChI is InChI=1S/C10H13ClFN3O2/c1-14(2)4-3-13-9-6-8(12)7(11)5-10(9)15(16)17/h5-6,13H,3-4H2,1-2H3. The third-order valence-corrected chi connectivity index (χ3v) is 2.40. The van der Waals surface area contributed by atoms with Crippen LogP contribution in [-0.4, -0.2) is 37.0 Å². The van der Waals surface area contributed by atoms with Gasteiger partial charge in [0, 0.05) is 25.2 Å². The predicted molar refractivity (Wildman–Crippen MR) is 65.1 cm³/mol. The second kappa shape index (κ2) is 5.79. The summed E-state index contributed by atoms with van der Waals surface area (Å²) in [7, 11) is 3.75. The first-order valence-electron chi connectivity index (χ1n) is 4.94. The van der Waals surface area contributed by atoms with Gasteiger partial charge in [-0.2, -0.15) is 0 Å². The van der Waals surface area contributed by atoms with Gasteiger partial charge in [-0.1, -0.05) is 11.6 Å². The van der Waals surface area contributed by atoms with Crippen molar-refractivity contribution in [3.63, 3.8) is 0 Å². The highest BCUT2D eigenvalue weighted by Gasteiger charge is 2.17. The fraction of sp³-hybridized carbons (Fsp3) is 0.400. The van der Waals surface area contributed by atoms with Gasteiger partial charge in [-0.05, 0) is 14.1 Å². The van der Waals surface area contributed by atoms with Crippen molar-refractivity contribution in [2.24, 2.45) is 0 Å². The van der Waals surface area contributed by atoms with Gasteiger partial charge in [0.25, 0.3) is 5.69 Å². The highest BCUT2D eigenvalue weighted by Crippen LogP contribution is 2.30. The molecule has 5 nitrogen and oxygen atoms in total. The summed E-state index contributed by atoms with van der Waals surface area (Å²) in [6.07, 6.45) is 0. The van der Waals surface area contributed by atoms with Crippen LogP contribution in [0.3, 0.4) is 0 Å². The molecule has 0 fully saturated rings. The first kappa shape index (κ1) is 13.7. The third kappa shape index (κ3) is 3.83. The number of nitro groups is 1. The largest absolute Gasteiger partial charge is 0.378 e. The average molecular weight is 262 g/mol. The number of nitrogens with zero attached hydrogens (tertiary/aromatic N) is 2. The molecule has 94 valence electrons. The van der Waals surface area contributed by atoms with Crippen LogP contribution in [0.5, 0.6) is 0 Å². The highest BCUT2D eigenvalue weighted by atomic mass is 35.5. The number of likely N-dealkylation sites (N-methyl/N-ethyl adjacent to an activating group) is 1. The number of rotatable bonds is 5. The zero-order chi connectivity index (χ0) is 13.0. The van der Waals surface area contributed by atoms with E-state index in [0.29, 0.717) is 13.1 Å². The first-order valence-corrected chi connectivity index (χ1v) is 5.31. The summed E-state index contributed by atoms with van der Waals surface area (Å²) in [5.41, 5.74) is -0.0890. The summed E-state index contributed by atoms with van der Waals surface area (Å²) < 4.78 is 13.2. The fourth-order valence-electron chi connectivity index (χ4n) is 1.24. The Kier molecular flexibility index (Phi) is 4.65. The van der Waals surface area contributed by atoms with Crippen molar-refractivity contribution in [1.82, 2.24) is 4.90 Å². The van der Waals surface area contributed by atoms with E-state index in [-0.39, 0.29) is 16.4 Å². The third-order valence-electron chi connectivity index (χ3n) is 2.11. The Morgan fingerprint density at radius 1 is 1.53 bits per heavy atom. The number of hydrogen-bond acceptors (Lipinski definition) is 4. The molecular weight excluding hydrogens is 249 g/mol. The minimum Gasteiger partial charge on any atom is -0.378 e. The zero-order valence-electron chi connectivity index (χ0n) is 9.54. The van der Waals surface area contributed by atoms with Crippen LogP contribution in [0.1, 0.15) is 0 Å². The molecule has 0 heterocycles. The lowest BCUT2D eigenvalue weighted by Gasteiger charge is -2.11. The van der Waals surface area contributed by atoms with Crippen LogP contribution < -0.4 is 5.32 Å². The maximum atomic E-state index is 13.2. The Morgan fingerprint density at radius 3 is 2.71 bits per heavy atom. The van der Waals surface area contributed by atoms with Crippen LogP contribution in [0.4, 0.5) is 15.8 Å². The number of halogens is 2. The summed E-state index contributed by atoms with van der Waals surface area (Å²) in [6.45, 7) is 1.16. The summed E-state index contributed by atoms with van der Waals surface area (Å²) in [6, 6.07) is 2.05. The molecule has 0 aliphatic heterocycles. The summed E-state index contributed by atoms with van der Waals surface area (Å²) in [4.78, 5) is 12.1. The molecule has 0 aromatic heterocycles. The molecule has 0 aliphatic carbocycles. The van der Waals surface area contributed by atoms with Gasteiger partial charge >= 0.3 is 0 Å². The minimum atomic E-state index is -0.676. The van der Waals surface area contributed by atoms with E-state index >= 15 is 0 Å². The van der Waals surface area contributed by atoms with E-state index in [1.54, 1.807) is 0 Å². The molecule has 0 bridgehead atoms. The fourth-order valence-corrected chi connectivity index (χ4v) is 1.40. The maximum Gasteiger partial charge on any atom is 0.294 e. The van der Waals surface area contributed by atoms with Gasteiger partial charge in [0.2, 0.25) is 0 Å². The maximum absolute atomic E-state index is 13.2. The average Bonchev–Trinajstić information content (AvgIpc) is 2.22. The Bertz CT molecular complexity index is 426. The lowest BCUT2D eigenvalue weighted by Crippen LogP contribution is -2.21. The van der Waals surface area contributed by atoms with E-state index in [9.17, 15) is 14.5 Å². The lowest BCUT2D eigenvalue weighted by molar-refractivity contribution is -0.384. The molecule has 1 N–H and O–H groups in total. The normalized spacial score (nSPS) is 10.6. The molecule has 1 aromatic carbocycles. The van der Waals surface area contributed by atoms with Crippen molar-refractivity contribution >= 4 is 23.0 Å². The number of anilines is 1. The summed E-state index contributed by atoms with van der Waals surface area (Å²) in [5.74, 6) is -0.676. The molecule has 0 aliphatic rings. The van der Waals surface area contributed by atoms with Gasteiger partial charge < -0.3 is 10.2 Å².